The average molecular weight is 318 g/mol. The van der Waals surface area contributed by atoms with E-state index in [-0.39, 0.29) is 23.6 Å². The molecular formula is C12H13ClFN3O4. The third kappa shape index (κ3) is 5.27. The number of benzene rings is 1. The lowest BCUT2D eigenvalue weighted by Crippen LogP contribution is -2.43. The summed E-state index contributed by atoms with van der Waals surface area (Å²) in [6, 6.07) is 1.51. The van der Waals surface area contributed by atoms with Gasteiger partial charge in [-0.25, -0.2) is 14.0 Å². The summed E-state index contributed by atoms with van der Waals surface area (Å²) in [5.41, 5.74) is 4.64. The Morgan fingerprint density at radius 1 is 1.38 bits per heavy atom. The lowest BCUT2D eigenvalue weighted by Gasteiger charge is -2.15. The number of nitrogens with one attached hydrogen (secondary N) is 2. The number of urea groups is 1. The number of amides is 3. The van der Waals surface area contributed by atoms with E-state index in [1.807, 2.05) is 0 Å². The fourth-order valence-corrected chi connectivity index (χ4v) is 1.68. The second-order valence-electron chi connectivity index (χ2n) is 4.09. The highest BCUT2D eigenvalue weighted by atomic mass is 35.5. The maximum absolute atomic E-state index is 13.5. The minimum atomic E-state index is -1.34. The van der Waals surface area contributed by atoms with Gasteiger partial charge in [0.2, 0.25) is 5.91 Å². The van der Waals surface area contributed by atoms with Gasteiger partial charge in [0.05, 0.1) is 10.7 Å². The number of carboxylic acids is 1. The summed E-state index contributed by atoms with van der Waals surface area (Å²) in [4.78, 5) is 33.2. The van der Waals surface area contributed by atoms with E-state index < -0.39 is 29.8 Å². The molecule has 1 rings (SSSR count). The Morgan fingerprint density at radius 3 is 2.57 bits per heavy atom. The zero-order valence-electron chi connectivity index (χ0n) is 10.7. The van der Waals surface area contributed by atoms with Gasteiger partial charge in [0.25, 0.3) is 0 Å². The predicted octanol–water partition coefficient (Wildman–Crippen LogP) is 1.32. The molecule has 21 heavy (non-hydrogen) atoms. The van der Waals surface area contributed by atoms with Gasteiger partial charge in [-0.05, 0) is 18.6 Å². The van der Waals surface area contributed by atoms with Crippen LogP contribution in [0.2, 0.25) is 5.02 Å². The summed E-state index contributed by atoms with van der Waals surface area (Å²) in [7, 11) is 0. The second kappa shape index (κ2) is 7.44. The number of hydrogen-bond donors (Lipinski definition) is 4. The first-order valence-corrected chi connectivity index (χ1v) is 6.21. The highest BCUT2D eigenvalue weighted by Gasteiger charge is 2.21. The molecule has 0 aliphatic rings. The van der Waals surface area contributed by atoms with Crippen LogP contribution in [0.4, 0.5) is 14.9 Å². The zero-order chi connectivity index (χ0) is 16.0. The van der Waals surface area contributed by atoms with E-state index in [0.29, 0.717) is 0 Å². The summed E-state index contributed by atoms with van der Waals surface area (Å²) in [6.45, 7) is 0. The number of halogens is 2. The molecule has 0 aliphatic carbocycles. The van der Waals surface area contributed by atoms with Crippen molar-refractivity contribution < 1.29 is 23.9 Å². The van der Waals surface area contributed by atoms with Crippen molar-refractivity contribution in [2.24, 2.45) is 5.73 Å². The molecule has 0 saturated carbocycles. The monoisotopic (exact) mass is 317 g/mol. The SMILES string of the molecule is NC(=O)CC[C@H](NC(=O)Nc1c(F)cccc1Cl)C(=O)O. The van der Waals surface area contributed by atoms with Crippen LogP contribution in [0.15, 0.2) is 18.2 Å². The molecule has 9 heteroatoms. The number of rotatable bonds is 6. The highest BCUT2D eigenvalue weighted by molar-refractivity contribution is 6.33. The largest absolute Gasteiger partial charge is 0.480 e. The Balaban J connectivity index is 2.70. The Morgan fingerprint density at radius 2 is 2.05 bits per heavy atom. The van der Waals surface area contributed by atoms with E-state index in [4.69, 9.17) is 22.4 Å². The van der Waals surface area contributed by atoms with E-state index in [2.05, 4.69) is 10.6 Å². The summed E-state index contributed by atoms with van der Waals surface area (Å²) in [6.07, 6.45) is -0.388. The van der Waals surface area contributed by atoms with E-state index in [0.717, 1.165) is 6.07 Å². The number of nitrogens with two attached hydrogens (primary N) is 1. The van der Waals surface area contributed by atoms with Crippen LogP contribution in [0, 0.1) is 5.82 Å². The molecule has 0 heterocycles. The van der Waals surface area contributed by atoms with Crippen LogP contribution in [-0.2, 0) is 9.59 Å². The van der Waals surface area contributed by atoms with Gasteiger partial charge in [0.1, 0.15) is 11.9 Å². The van der Waals surface area contributed by atoms with E-state index in [1.54, 1.807) is 0 Å². The number of para-hydroxylation sites is 1. The molecule has 1 aromatic rings. The molecule has 5 N–H and O–H groups in total. The normalized spacial score (nSPS) is 11.5. The summed E-state index contributed by atoms with van der Waals surface area (Å²) in [5, 5.41) is 13.1. The number of primary amides is 1. The van der Waals surface area contributed by atoms with Crippen molar-refractivity contribution in [3.8, 4) is 0 Å². The average Bonchev–Trinajstić information content (AvgIpc) is 2.38. The van der Waals surface area contributed by atoms with Crippen molar-refractivity contribution in [2.45, 2.75) is 18.9 Å². The Bertz CT molecular complexity index is 547. The molecule has 1 aromatic carbocycles. The zero-order valence-corrected chi connectivity index (χ0v) is 11.5. The lowest BCUT2D eigenvalue weighted by atomic mass is 10.1. The van der Waals surface area contributed by atoms with Crippen molar-refractivity contribution in [3.05, 3.63) is 29.0 Å². The molecule has 0 spiro atoms. The highest BCUT2D eigenvalue weighted by Crippen LogP contribution is 2.24. The molecule has 0 aliphatic heterocycles. The number of aliphatic carboxylic acids is 1. The van der Waals surface area contributed by atoms with Crippen LogP contribution < -0.4 is 16.4 Å². The fraction of sp³-hybridized carbons (Fsp3) is 0.250. The van der Waals surface area contributed by atoms with E-state index >= 15 is 0 Å². The predicted molar refractivity (Wildman–Crippen MR) is 73.4 cm³/mol. The first-order chi connectivity index (χ1) is 9.81. The van der Waals surface area contributed by atoms with Crippen LogP contribution in [0.3, 0.4) is 0 Å². The number of anilines is 1. The van der Waals surface area contributed by atoms with Gasteiger partial charge in [0.15, 0.2) is 0 Å². The van der Waals surface area contributed by atoms with Crippen molar-refractivity contribution in [2.75, 3.05) is 5.32 Å². The topological polar surface area (TPSA) is 122 Å². The van der Waals surface area contributed by atoms with Gasteiger partial charge in [-0.15, -0.1) is 0 Å². The fourth-order valence-electron chi connectivity index (χ4n) is 1.47. The van der Waals surface area contributed by atoms with Crippen molar-refractivity contribution in [3.63, 3.8) is 0 Å². The van der Waals surface area contributed by atoms with Gasteiger partial charge in [0, 0.05) is 6.42 Å². The van der Waals surface area contributed by atoms with Gasteiger partial charge in [-0.3, -0.25) is 4.79 Å². The summed E-state index contributed by atoms with van der Waals surface area (Å²) < 4.78 is 13.5. The van der Waals surface area contributed by atoms with Crippen molar-refractivity contribution in [1.82, 2.24) is 5.32 Å². The minimum Gasteiger partial charge on any atom is -0.480 e. The maximum atomic E-state index is 13.5. The van der Waals surface area contributed by atoms with Crippen LogP contribution in [-0.4, -0.2) is 29.1 Å². The Hall–Kier alpha value is -2.35. The van der Waals surface area contributed by atoms with E-state index in [9.17, 15) is 18.8 Å². The molecule has 3 amide bonds. The molecule has 7 nitrogen and oxygen atoms in total. The standard InChI is InChI=1S/C12H13ClFN3O4/c13-6-2-1-3-7(14)10(6)17-12(21)16-8(11(19)20)4-5-9(15)18/h1-3,8H,4-5H2,(H2,15,18)(H,19,20)(H2,16,17,21)/t8-/m0/s1. The van der Waals surface area contributed by atoms with Gasteiger partial charge in [-0.2, -0.15) is 0 Å². The number of carboxylic acid groups (broad SMARTS) is 1. The van der Waals surface area contributed by atoms with E-state index in [1.165, 1.54) is 12.1 Å². The molecule has 0 aromatic heterocycles. The first kappa shape index (κ1) is 16.7. The molecule has 114 valence electrons. The summed E-state index contributed by atoms with van der Waals surface area (Å²) in [5.74, 6) is -2.80. The van der Waals surface area contributed by atoms with Crippen LogP contribution in [0.25, 0.3) is 0 Å². The van der Waals surface area contributed by atoms with Crippen molar-refractivity contribution >= 4 is 35.2 Å². The maximum Gasteiger partial charge on any atom is 0.326 e. The molecule has 0 bridgehead atoms. The minimum absolute atomic E-state index is 0.0332. The Kier molecular flexibility index (Phi) is 5.92. The molecule has 0 radical (unpaired) electrons. The van der Waals surface area contributed by atoms with Gasteiger partial charge < -0.3 is 21.5 Å². The quantitative estimate of drug-likeness (QED) is 0.632. The molecule has 0 saturated heterocycles. The number of carbonyl (C=O) groups excluding carboxylic acids is 2. The smallest absolute Gasteiger partial charge is 0.326 e. The first-order valence-electron chi connectivity index (χ1n) is 5.84. The molecule has 1 atom stereocenters. The number of hydrogen-bond acceptors (Lipinski definition) is 3. The number of carbonyl (C=O) groups is 3. The lowest BCUT2D eigenvalue weighted by molar-refractivity contribution is -0.139. The Labute approximate surface area is 124 Å². The van der Waals surface area contributed by atoms with Crippen molar-refractivity contribution in [1.29, 1.82) is 0 Å². The molecule has 0 unspecified atom stereocenters. The van der Waals surface area contributed by atoms with Crippen LogP contribution >= 0.6 is 11.6 Å². The third-order valence-corrected chi connectivity index (χ3v) is 2.80. The molecule has 0 fully saturated rings. The third-order valence-electron chi connectivity index (χ3n) is 2.48. The van der Waals surface area contributed by atoms with Crippen LogP contribution in [0.1, 0.15) is 12.8 Å². The van der Waals surface area contributed by atoms with Gasteiger partial charge >= 0.3 is 12.0 Å². The van der Waals surface area contributed by atoms with Crippen LogP contribution in [0.5, 0.6) is 0 Å². The van der Waals surface area contributed by atoms with Gasteiger partial charge in [-0.1, -0.05) is 17.7 Å². The summed E-state index contributed by atoms with van der Waals surface area (Å²) >= 11 is 5.72. The second-order valence-corrected chi connectivity index (χ2v) is 4.50. The molecular weight excluding hydrogens is 305 g/mol.